The number of rotatable bonds is 7. The van der Waals surface area contributed by atoms with Gasteiger partial charge in [-0.05, 0) is 72.9 Å². The zero-order valence-corrected chi connectivity index (χ0v) is 24.1. The Hall–Kier alpha value is -4.07. The van der Waals surface area contributed by atoms with Crippen molar-refractivity contribution >= 4 is 23.4 Å². The van der Waals surface area contributed by atoms with Crippen LogP contribution in [0.2, 0.25) is 0 Å². The lowest BCUT2D eigenvalue weighted by atomic mass is 10.0. The predicted molar refractivity (Wildman–Crippen MR) is 158 cm³/mol. The van der Waals surface area contributed by atoms with Gasteiger partial charge < -0.3 is 19.4 Å². The number of piperazine rings is 1. The number of methoxy groups -OCH3 is 1. The summed E-state index contributed by atoms with van der Waals surface area (Å²) in [5, 5.41) is 0. The lowest BCUT2D eigenvalue weighted by molar-refractivity contribution is 0.0746. The Morgan fingerprint density at radius 1 is 1.00 bits per heavy atom. The van der Waals surface area contributed by atoms with Crippen LogP contribution in [0.15, 0.2) is 60.8 Å². The first-order valence-electron chi connectivity index (χ1n) is 14.0. The number of anilines is 2. The van der Waals surface area contributed by atoms with Crippen molar-refractivity contribution in [3.8, 4) is 5.75 Å². The van der Waals surface area contributed by atoms with Crippen molar-refractivity contribution in [3.63, 3.8) is 0 Å². The number of benzene rings is 2. The maximum absolute atomic E-state index is 13.5. The number of nitrogens with zero attached hydrogens (tertiary/aromatic N) is 5. The van der Waals surface area contributed by atoms with Gasteiger partial charge in [0.2, 0.25) is 0 Å². The number of hydrogen-bond donors (Lipinski definition) is 0. The van der Waals surface area contributed by atoms with E-state index < -0.39 is 0 Å². The van der Waals surface area contributed by atoms with E-state index in [1.807, 2.05) is 76.4 Å². The van der Waals surface area contributed by atoms with Gasteiger partial charge in [-0.1, -0.05) is 32.0 Å². The third-order valence-corrected chi connectivity index (χ3v) is 7.96. The number of aromatic nitrogens is 1. The number of carbonyl (C=O) groups excluding carboxylic acids is 2. The van der Waals surface area contributed by atoms with Gasteiger partial charge in [0, 0.05) is 56.7 Å². The van der Waals surface area contributed by atoms with Gasteiger partial charge >= 0.3 is 6.03 Å². The second kappa shape index (κ2) is 11.6. The molecule has 0 spiro atoms. The molecule has 2 fully saturated rings. The first kappa shape index (κ1) is 27.5. The smallest absolute Gasteiger partial charge is 0.325 e. The lowest BCUT2D eigenvalue weighted by Gasteiger charge is -2.36. The Labute approximate surface area is 237 Å². The summed E-state index contributed by atoms with van der Waals surface area (Å²) in [5.74, 6) is 2.11. The van der Waals surface area contributed by atoms with Crippen molar-refractivity contribution < 1.29 is 14.3 Å². The quantitative estimate of drug-likeness (QED) is 0.415. The highest BCUT2D eigenvalue weighted by Crippen LogP contribution is 2.30. The van der Waals surface area contributed by atoms with Crippen LogP contribution in [0.25, 0.3) is 0 Å². The zero-order valence-electron chi connectivity index (χ0n) is 24.1. The van der Waals surface area contributed by atoms with Crippen LogP contribution in [-0.4, -0.2) is 72.6 Å². The summed E-state index contributed by atoms with van der Waals surface area (Å²) >= 11 is 0. The van der Waals surface area contributed by atoms with E-state index in [4.69, 9.17) is 4.74 Å². The lowest BCUT2D eigenvalue weighted by Crippen LogP contribution is -2.49. The summed E-state index contributed by atoms with van der Waals surface area (Å²) in [4.78, 5) is 39.4. The molecular formula is C32H39N5O3. The van der Waals surface area contributed by atoms with Crippen molar-refractivity contribution in [1.82, 2.24) is 14.8 Å². The van der Waals surface area contributed by atoms with E-state index in [-0.39, 0.29) is 23.9 Å². The minimum atomic E-state index is -0.00951. The van der Waals surface area contributed by atoms with Crippen LogP contribution in [0.1, 0.15) is 40.9 Å². The SMILES string of the molecule is COc1ccc(CN2CC(C(C)C)N(c3ccc(C(=O)N4CCN(c5ncc(C)cc5C)CC4)cc3)C2=O)cc1. The largest absolute Gasteiger partial charge is 0.497 e. The number of aryl methyl sites for hydroxylation is 2. The molecule has 8 heteroatoms. The first-order chi connectivity index (χ1) is 19.2. The van der Waals surface area contributed by atoms with Gasteiger partial charge in [0.25, 0.3) is 5.91 Å². The molecule has 0 aliphatic carbocycles. The Morgan fingerprint density at radius 3 is 2.27 bits per heavy atom. The number of hydrogen-bond acceptors (Lipinski definition) is 5. The molecule has 1 aromatic heterocycles. The average molecular weight is 542 g/mol. The third-order valence-electron chi connectivity index (χ3n) is 7.96. The summed E-state index contributed by atoms with van der Waals surface area (Å²) in [6, 6.07) is 17.6. The molecule has 2 aromatic carbocycles. The maximum atomic E-state index is 13.5. The van der Waals surface area contributed by atoms with Crippen LogP contribution >= 0.6 is 0 Å². The van der Waals surface area contributed by atoms with E-state index in [0.29, 0.717) is 31.7 Å². The second-order valence-corrected chi connectivity index (χ2v) is 11.2. The molecule has 3 heterocycles. The fourth-order valence-electron chi connectivity index (χ4n) is 5.68. The number of carbonyl (C=O) groups is 2. The van der Waals surface area contributed by atoms with E-state index in [2.05, 4.69) is 36.7 Å². The molecule has 8 nitrogen and oxygen atoms in total. The van der Waals surface area contributed by atoms with Gasteiger partial charge in [0.1, 0.15) is 11.6 Å². The van der Waals surface area contributed by atoms with Gasteiger partial charge in [-0.25, -0.2) is 9.78 Å². The molecule has 1 unspecified atom stereocenters. The molecule has 1 atom stereocenters. The molecule has 210 valence electrons. The highest BCUT2D eigenvalue weighted by atomic mass is 16.5. The zero-order chi connectivity index (χ0) is 28.4. The van der Waals surface area contributed by atoms with Crippen LogP contribution in [-0.2, 0) is 6.54 Å². The van der Waals surface area contributed by atoms with Crippen LogP contribution in [0.3, 0.4) is 0 Å². The van der Waals surface area contributed by atoms with Crippen LogP contribution in [0, 0.1) is 19.8 Å². The molecule has 3 amide bonds. The predicted octanol–water partition coefficient (Wildman–Crippen LogP) is 5.14. The molecule has 40 heavy (non-hydrogen) atoms. The standard InChI is InChI=1S/C32H39N5O3/c1-22(2)29-21-36(20-25-6-12-28(40-5)13-7-25)32(39)37(29)27-10-8-26(9-11-27)31(38)35-16-14-34(15-17-35)30-24(4)18-23(3)19-33-30/h6-13,18-19,22,29H,14-17,20-21H2,1-5H3. The normalized spacial score (nSPS) is 17.6. The Bertz CT molecular complexity index is 1350. The van der Waals surface area contributed by atoms with Crippen molar-refractivity contribution in [2.75, 3.05) is 49.6 Å². The molecule has 5 rings (SSSR count). The monoisotopic (exact) mass is 541 g/mol. The Morgan fingerprint density at radius 2 is 1.68 bits per heavy atom. The van der Waals surface area contributed by atoms with Crippen molar-refractivity contribution in [2.24, 2.45) is 5.92 Å². The number of ether oxygens (including phenoxy) is 1. The van der Waals surface area contributed by atoms with Gasteiger partial charge in [-0.15, -0.1) is 0 Å². The number of urea groups is 1. The number of pyridine rings is 1. The van der Waals surface area contributed by atoms with E-state index in [1.54, 1.807) is 7.11 Å². The molecule has 0 radical (unpaired) electrons. The summed E-state index contributed by atoms with van der Waals surface area (Å²) < 4.78 is 5.26. The minimum Gasteiger partial charge on any atom is -0.497 e. The van der Waals surface area contributed by atoms with Crippen molar-refractivity contribution in [2.45, 2.75) is 40.3 Å². The molecular weight excluding hydrogens is 502 g/mol. The Balaban J connectivity index is 1.24. The van der Waals surface area contributed by atoms with E-state index in [1.165, 1.54) is 0 Å². The van der Waals surface area contributed by atoms with Crippen LogP contribution < -0.4 is 14.5 Å². The average Bonchev–Trinajstić information content (AvgIpc) is 3.29. The van der Waals surface area contributed by atoms with Gasteiger partial charge in [-0.3, -0.25) is 9.69 Å². The fourth-order valence-corrected chi connectivity index (χ4v) is 5.68. The highest BCUT2D eigenvalue weighted by Gasteiger charge is 2.39. The molecule has 2 aliphatic heterocycles. The van der Waals surface area contributed by atoms with Gasteiger partial charge in [0.15, 0.2) is 0 Å². The highest BCUT2D eigenvalue weighted by molar-refractivity contribution is 5.97. The summed E-state index contributed by atoms with van der Waals surface area (Å²) in [6.45, 7) is 12.4. The van der Waals surface area contributed by atoms with Crippen molar-refractivity contribution in [3.05, 3.63) is 83.0 Å². The second-order valence-electron chi connectivity index (χ2n) is 11.2. The molecule has 2 saturated heterocycles. The van der Waals surface area contributed by atoms with Crippen molar-refractivity contribution in [1.29, 1.82) is 0 Å². The third kappa shape index (κ3) is 5.62. The molecule has 0 N–H and O–H groups in total. The fraction of sp³-hybridized carbons (Fsp3) is 0.406. The molecule has 0 bridgehead atoms. The summed E-state index contributed by atoms with van der Waals surface area (Å²) in [5.41, 5.74) is 4.84. The molecule has 2 aliphatic rings. The van der Waals surface area contributed by atoms with Crippen LogP contribution in [0.4, 0.5) is 16.3 Å². The Kier molecular flexibility index (Phi) is 7.96. The van der Waals surface area contributed by atoms with E-state index in [9.17, 15) is 9.59 Å². The molecule has 0 saturated carbocycles. The van der Waals surface area contributed by atoms with E-state index >= 15 is 0 Å². The number of amides is 3. The topological polar surface area (TPSA) is 69.2 Å². The maximum Gasteiger partial charge on any atom is 0.325 e. The summed E-state index contributed by atoms with van der Waals surface area (Å²) in [6.07, 6.45) is 1.90. The van der Waals surface area contributed by atoms with Gasteiger partial charge in [0.05, 0.1) is 13.2 Å². The first-order valence-corrected chi connectivity index (χ1v) is 14.0. The van der Waals surface area contributed by atoms with Gasteiger partial charge in [-0.2, -0.15) is 0 Å². The summed E-state index contributed by atoms with van der Waals surface area (Å²) in [7, 11) is 1.65. The minimum absolute atomic E-state index is 0.00951. The molecule has 3 aromatic rings. The van der Waals surface area contributed by atoms with E-state index in [0.717, 1.165) is 47.0 Å². The van der Waals surface area contributed by atoms with Crippen LogP contribution in [0.5, 0.6) is 5.75 Å².